The SMILES string of the molecule is CCC(CC)CCCNC(=O)c1cnc(OC=C2CN(C(C)C)CO2)s1. The van der Waals surface area contributed by atoms with Gasteiger partial charge in [-0.05, 0) is 32.6 Å². The molecule has 7 heteroatoms. The molecule has 0 saturated carbocycles. The molecule has 0 radical (unpaired) electrons. The maximum atomic E-state index is 12.2. The molecule has 1 saturated heterocycles. The van der Waals surface area contributed by atoms with Gasteiger partial charge in [-0.2, -0.15) is 0 Å². The van der Waals surface area contributed by atoms with Crippen LogP contribution in [0.25, 0.3) is 0 Å². The Balaban J connectivity index is 1.74. The lowest BCUT2D eigenvalue weighted by molar-refractivity contribution is 0.0956. The molecule has 1 aromatic rings. The van der Waals surface area contributed by atoms with Crippen molar-refractivity contribution in [3.05, 3.63) is 23.1 Å². The van der Waals surface area contributed by atoms with Crippen LogP contribution in [0.3, 0.4) is 0 Å². The van der Waals surface area contributed by atoms with Crippen molar-refractivity contribution < 1.29 is 14.3 Å². The summed E-state index contributed by atoms with van der Waals surface area (Å²) in [6, 6.07) is 0.431. The predicted octanol–water partition coefficient (Wildman–Crippen LogP) is 4.01. The average Bonchev–Trinajstić information content (AvgIpc) is 3.29. The second kappa shape index (κ2) is 10.5. The summed E-state index contributed by atoms with van der Waals surface area (Å²) in [6.45, 7) is 10.7. The number of ether oxygens (including phenoxy) is 2. The van der Waals surface area contributed by atoms with Gasteiger partial charge >= 0.3 is 0 Å². The lowest BCUT2D eigenvalue weighted by Crippen LogP contribution is -2.27. The fraction of sp³-hybridized carbons (Fsp3) is 0.684. The van der Waals surface area contributed by atoms with E-state index in [1.54, 1.807) is 12.5 Å². The second-order valence-electron chi connectivity index (χ2n) is 6.89. The fourth-order valence-electron chi connectivity index (χ4n) is 2.77. The standard InChI is InChI=1S/C19H31N3O3S/c1-5-15(6-2)8-7-9-20-18(23)17-10-21-19(26-17)24-12-16-11-22(13-25-16)14(3)4/h10,12,14-15H,5-9,11,13H2,1-4H3,(H,20,23). The largest absolute Gasteiger partial charge is 0.478 e. The molecule has 1 aliphatic rings. The summed E-state index contributed by atoms with van der Waals surface area (Å²) in [6.07, 6.45) is 7.72. The normalized spacial score (nSPS) is 16.5. The minimum absolute atomic E-state index is 0.0855. The van der Waals surface area contributed by atoms with E-state index in [4.69, 9.17) is 9.47 Å². The Bertz CT molecular complexity index is 597. The molecule has 0 unspecified atom stereocenters. The average molecular weight is 382 g/mol. The molecule has 1 N–H and O–H groups in total. The van der Waals surface area contributed by atoms with Gasteiger partial charge in [0, 0.05) is 12.6 Å². The van der Waals surface area contributed by atoms with Gasteiger partial charge in [0.2, 0.25) is 0 Å². The molecule has 6 nitrogen and oxygen atoms in total. The topological polar surface area (TPSA) is 63.7 Å². The number of aromatic nitrogens is 1. The van der Waals surface area contributed by atoms with E-state index in [0.29, 0.717) is 29.4 Å². The van der Waals surface area contributed by atoms with Gasteiger partial charge in [-0.15, -0.1) is 0 Å². The molecule has 1 fully saturated rings. The van der Waals surface area contributed by atoms with Crippen LogP contribution >= 0.6 is 11.3 Å². The van der Waals surface area contributed by atoms with E-state index in [1.807, 2.05) is 0 Å². The van der Waals surface area contributed by atoms with Crippen LogP contribution in [0.5, 0.6) is 5.19 Å². The monoisotopic (exact) mass is 381 g/mol. The molecule has 1 aliphatic heterocycles. The van der Waals surface area contributed by atoms with Crippen LogP contribution in [-0.4, -0.2) is 41.7 Å². The molecule has 0 spiro atoms. The van der Waals surface area contributed by atoms with Crippen molar-refractivity contribution >= 4 is 17.2 Å². The van der Waals surface area contributed by atoms with Crippen LogP contribution in [-0.2, 0) is 4.74 Å². The zero-order valence-electron chi connectivity index (χ0n) is 16.3. The Morgan fingerprint density at radius 1 is 1.46 bits per heavy atom. The van der Waals surface area contributed by atoms with Gasteiger partial charge in [-0.25, -0.2) is 4.98 Å². The Morgan fingerprint density at radius 3 is 2.88 bits per heavy atom. The van der Waals surface area contributed by atoms with E-state index < -0.39 is 0 Å². The Labute approximate surface area is 160 Å². The van der Waals surface area contributed by atoms with Crippen LogP contribution in [0.2, 0.25) is 0 Å². The van der Waals surface area contributed by atoms with Gasteiger partial charge in [-0.3, -0.25) is 9.69 Å². The lowest BCUT2D eigenvalue weighted by Gasteiger charge is -2.15. The molecule has 2 heterocycles. The highest BCUT2D eigenvalue weighted by molar-refractivity contribution is 7.15. The smallest absolute Gasteiger partial charge is 0.278 e. The second-order valence-corrected chi connectivity index (χ2v) is 7.88. The summed E-state index contributed by atoms with van der Waals surface area (Å²) in [5.41, 5.74) is 0. The van der Waals surface area contributed by atoms with Crippen LogP contribution < -0.4 is 10.1 Å². The van der Waals surface area contributed by atoms with Crippen LogP contribution in [0.4, 0.5) is 0 Å². The minimum Gasteiger partial charge on any atom is -0.478 e. The third-order valence-electron chi connectivity index (χ3n) is 4.73. The molecule has 2 rings (SSSR count). The van der Waals surface area contributed by atoms with Gasteiger partial charge in [-0.1, -0.05) is 38.0 Å². The molecule has 1 aromatic heterocycles. The number of nitrogens with one attached hydrogen (secondary N) is 1. The molecule has 0 aliphatic carbocycles. The van der Waals surface area contributed by atoms with Gasteiger partial charge in [0.1, 0.15) is 23.6 Å². The number of rotatable bonds is 10. The molecule has 0 bridgehead atoms. The van der Waals surface area contributed by atoms with E-state index in [-0.39, 0.29) is 5.91 Å². The Morgan fingerprint density at radius 2 is 2.23 bits per heavy atom. The predicted molar refractivity (Wildman–Crippen MR) is 104 cm³/mol. The first-order valence-electron chi connectivity index (χ1n) is 9.50. The summed E-state index contributed by atoms with van der Waals surface area (Å²) >= 11 is 1.25. The van der Waals surface area contributed by atoms with E-state index in [9.17, 15) is 4.79 Å². The zero-order valence-corrected chi connectivity index (χ0v) is 17.1. The molecule has 0 aromatic carbocycles. The highest BCUT2D eigenvalue weighted by atomic mass is 32.1. The third kappa shape index (κ3) is 6.29. The van der Waals surface area contributed by atoms with Crippen molar-refractivity contribution in [2.24, 2.45) is 5.92 Å². The number of hydrogen-bond donors (Lipinski definition) is 1. The highest BCUT2D eigenvalue weighted by Crippen LogP contribution is 2.22. The van der Waals surface area contributed by atoms with Crippen molar-refractivity contribution in [1.29, 1.82) is 0 Å². The van der Waals surface area contributed by atoms with Gasteiger partial charge in [0.05, 0.1) is 12.7 Å². The number of amides is 1. The molecular formula is C19H31N3O3S. The Hall–Kier alpha value is -1.60. The number of hydrogen-bond acceptors (Lipinski definition) is 6. The summed E-state index contributed by atoms with van der Waals surface area (Å²) in [7, 11) is 0. The minimum atomic E-state index is -0.0855. The van der Waals surface area contributed by atoms with Crippen molar-refractivity contribution in [3.8, 4) is 5.19 Å². The van der Waals surface area contributed by atoms with Gasteiger partial charge < -0.3 is 14.8 Å². The summed E-state index contributed by atoms with van der Waals surface area (Å²) < 4.78 is 11.1. The number of thiazole rings is 1. The number of carbonyl (C=O) groups excluding carboxylic acids is 1. The van der Waals surface area contributed by atoms with E-state index >= 15 is 0 Å². The molecule has 26 heavy (non-hydrogen) atoms. The molecular weight excluding hydrogens is 350 g/mol. The fourth-order valence-corrected chi connectivity index (χ4v) is 3.43. The first kappa shape index (κ1) is 20.7. The summed E-state index contributed by atoms with van der Waals surface area (Å²) in [5, 5.41) is 3.41. The summed E-state index contributed by atoms with van der Waals surface area (Å²) in [5.74, 6) is 1.45. The van der Waals surface area contributed by atoms with Crippen LogP contribution in [0, 0.1) is 5.92 Å². The summed E-state index contributed by atoms with van der Waals surface area (Å²) in [4.78, 5) is 19.1. The number of nitrogens with zero attached hydrogens (tertiary/aromatic N) is 2. The van der Waals surface area contributed by atoms with E-state index in [0.717, 1.165) is 31.1 Å². The van der Waals surface area contributed by atoms with Crippen molar-refractivity contribution in [2.75, 3.05) is 19.8 Å². The van der Waals surface area contributed by atoms with Crippen LogP contribution in [0.1, 0.15) is 63.0 Å². The van der Waals surface area contributed by atoms with Gasteiger partial charge in [0.15, 0.2) is 0 Å². The maximum absolute atomic E-state index is 12.2. The highest BCUT2D eigenvalue weighted by Gasteiger charge is 2.20. The van der Waals surface area contributed by atoms with Crippen molar-refractivity contribution in [2.45, 2.75) is 59.4 Å². The lowest BCUT2D eigenvalue weighted by atomic mass is 9.98. The van der Waals surface area contributed by atoms with Crippen molar-refractivity contribution in [1.82, 2.24) is 15.2 Å². The molecule has 146 valence electrons. The van der Waals surface area contributed by atoms with Gasteiger partial charge in [0.25, 0.3) is 11.1 Å². The Kier molecular flexibility index (Phi) is 8.38. The first-order valence-corrected chi connectivity index (χ1v) is 10.3. The molecule has 1 amide bonds. The van der Waals surface area contributed by atoms with Crippen LogP contribution in [0.15, 0.2) is 18.2 Å². The quantitative estimate of drug-likeness (QED) is 0.490. The first-order chi connectivity index (χ1) is 12.5. The van der Waals surface area contributed by atoms with E-state index in [2.05, 4.69) is 42.9 Å². The maximum Gasteiger partial charge on any atom is 0.278 e. The van der Waals surface area contributed by atoms with Crippen molar-refractivity contribution in [3.63, 3.8) is 0 Å². The van der Waals surface area contributed by atoms with E-state index in [1.165, 1.54) is 24.2 Å². The molecule has 0 atom stereocenters. The third-order valence-corrected chi connectivity index (χ3v) is 5.62. The zero-order chi connectivity index (χ0) is 18.9. The number of carbonyl (C=O) groups is 1.